The molecule has 106 valence electrons. The minimum Gasteiger partial charge on any atom is -0.376 e. The Morgan fingerprint density at radius 3 is 2.79 bits per heavy atom. The topological polar surface area (TPSA) is 53.3 Å². The smallest absolute Gasteiger partial charge is 0.243 e. The molecule has 0 aromatic heterocycles. The van der Waals surface area contributed by atoms with Crippen LogP contribution in [-0.4, -0.2) is 36.6 Å². The van der Waals surface area contributed by atoms with E-state index in [1.165, 1.54) is 0 Å². The van der Waals surface area contributed by atoms with E-state index in [1.807, 2.05) is 4.90 Å². The zero-order valence-corrected chi connectivity index (χ0v) is 11.9. The summed E-state index contributed by atoms with van der Waals surface area (Å²) in [6.45, 7) is 4.31. The Balaban J connectivity index is 1.97. The van der Waals surface area contributed by atoms with Crippen molar-refractivity contribution in [3.8, 4) is 6.07 Å². The first kappa shape index (κ1) is 14.3. The number of amides is 1. The highest BCUT2D eigenvalue weighted by molar-refractivity contribution is 5.86. The van der Waals surface area contributed by atoms with Crippen LogP contribution >= 0.6 is 0 Å². The number of hydrogen-bond acceptors (Lipinski definition) is 3. The van der Waals surface area contributed by atoms with Gasteiger partial charge in [-0.2, -0.15) is 5.26 Å². The van der Waals surface area contributed by atoms with Crippen molar-refractivity contribution in [3.63, 3.8) is 0 Å². The van der Waals surface area contributed by atoms with E-state index in [0.29, 0.717) is 6.54 Å². The Kier molecular flexibility index (Phi) is 4.81. The molecule has 1 atom stereocenters. The normalized spacial score (nSPS) is 26.1. The van der Waals surface area contributed by atoms with E-state index in [4.69, 9.17) is 4.74 Å². The third-order valence-corrected chi connectivity index (χ3v) is 4.30. The van der Waals surface area contributed by atoms with E-state index in [9.17, 15) is 10.1 Å². The van der Waals surface area contributed by atoms with Crippen LogP contribution in [0.5, 0.6) is 0 Å². The Morgan fingerprint density at radius 2 is 2.16 bits per heavy atom. The Morgan fingerprint density at radius 1 is 1.42 bits per heavy atom. The molecule has 0 spiro atoms. The molecule has 1 saturated heterocycles. The van der Waals surface area contributed by atoms with Crippen molar-refractivity contribution in [2.45, 2.75) is 58.0 Å². The number of piperidine rings is 1. The van der Waals surface area contributed by atoms with Gasteiger partial charge in [0.05, 0.1) is 12.2 Å². The number of nitriles is 1. The molecule has 2 rings (SSSR count). The number of hydrogen-bond donors (Lipinski definition) is 0. The Hall–Kier alpha value is -1.08. The van der Waals surface area contributed by atoms with Crippen LogP contribution in [0.4, 0.5) is 0 Å². The average molecular weight is 264 g/mol. The summed E-state index contributed by atoms with van der Waals surface area (Å²) < 4.78 is 5.76. The largest absolute Gasteiger partial charge is 0.376 e. The van der Waals surface area contributed by atoms with Gasteiger partial charge in [0.2, 0.25) is 5.91 Å². The second-order valence-electron chi connectivity index (χ2n) is 5.79. The second-order valence-corrected chi connectivity index (χ2v) is 5.79. The zero-order chi connectivity index (χ0) is 13.7. The molecule has 1 aliphatic heterocycles. The summed E-state index contributed by atoms with van der Waals surface area (Å²) in [5, 5.41) is 9.40. The lowest BCUT2D eigenvalue weighted by Crippen LogP contribution is -2.49. The summed E-state index contributed by atoms with van der Waals surface area (Å²) in [5.74, 6) is 0.0531. The molecule has 0 radical (unpaired) electrons. The van der Waals surface area contributed by atoms with Gasteiger partial charge in [0.15, 0.2) is 0 Å². The summed E-state index contributed by atoms with van der Waals surface area (Å²) in [4.78, 5) is 14.5. The van der Waals surface area contributed by atoms with E-state index in [2.05, 4.69) is 13.0 Å². The first-order valence-electron chi connectivity index (χ1n) is 7.54. The molecule has 0 aromatic carbocycles. The Labute approximate surface area is 115 Å². The van der Waals surface area contributed by atoms with Gasteiger partial charge >= 0.3 is 0 Å². The fourth-order valence-electron chi connectivity index (χ4n) is 3.20. The number of ether oxygens (including phenoxy) is 1. The standard InChI is InChI=1S/C15H24N2O2/c1-2-10-19-13-6-5-9-17(11-13)14(18)15(12-16)7-3-4-8-15/h13H,2-11H2,1H3. The Bertz CT molecular complexity index is 356. The number of carbonyl (C=O) groups is 1. The minimum atomic E-state index is -0.730. The van der Waals surface area contributed by atoms with Crippen molar-refractivity contribution >= 4 is 5.91 Å². The third kappa shape index (κ3) is 3.09. The molecule has 4 nitrogen and oxygen atoms in total. The monoisotopic (exact) mass is 264 g/mol. The van der Waals surface area contributed by atoms with Gasteiger partial charge in [-0.3, -0.25) is 4.79 Å². The molecular weight excluding hydrogens is 240 g/mol. The SMILES string of the molecule is CCCOC1CCCN(C(=O)C2(C#N)CCCC2)C1. The van der Waals surface area contributed by atoms with Gasteiger partial charge in [-0.1, -0.05) is 19.8 Å². The van der Waals surface area contributed by atoms with Crippen LogP contribution in [0.3, 0.4) is 0 Å². The molecule has 4 heteroatoms. The molecule has 0 aromatic rings. The maximum Gasteiger partial charge on any atom is 0.243 e. The van der Waals surface area contributed by atoms with Crippen LogP contribution in [0.15, 0.2) is 0 Å². The first-order valence-corrected chi connectivity index (χ1v) is 7.54. The molecule has 1 amide bonds. The van der Waals surface area contributed by atoms with Crippen molar-refractivity contribution in [2.24, 2.45) is 5.41 Å². The zero-order valence-electron chi connectivity index (χ0n) is 11.9. The molecule has 1 unspecified atom stereocenters. The lowest BCUT2D eigenvalue weighted by Gasteiger charge is -2.36. The van der Waals surface area contributed by atoms with Crippen molar-refractivity contribution in [1.82, 2.24) is 4.90 Å². The number of likely N-dealkylation sites (tertiary alicyclic amines) is 1. The fraction of sp³-hybridized carbons (Fsp3) is 0.867. The van der Waals surface area contributed by atoms with E-state index < -0.39 is 5.41 Å². The highest BCUT2D eigenvalue weighted by Crippen LogP contribution is 2.39. The van der Waals surface area contributed by atoms with Gasteiger partial charge in [-0.25, -0.2) is 0 Å². The van der Waals surface area contributed by atoms with Gasteiger partial charge < -0.3 is 9.64 Å². The highest BCUT2D eigenvalue weighted by atomic mass is 16.5. The van der Waals surface area contributed by atoms with Crippen LogP contribution in [0.25, 0.3) is 0 Å². The molecule has 0 N–H and O–H groups in total. The van der Waals surface area contributed by atoms with Crippen LogP contribution < -0.4 is 0 Å². The van der Waals surface area contributed by atoms with Crippen molar-refractivity contribution in [3.05, 3.63) is 0 Å². The quantitative estimate of drug-likeness (QED) is 0.784. The molecule has 0 bridgehead atoms. The van der Waals surface area contributed by atoms with Crippen molar-refractivity contribution in [1.29, 1.82) is 5.26 Å². The van der Waals surface area contributed by atoms with E-state index in [0.717, 1.165) is 58.1 Å². The van der Waals surface area contributed by atoms with Gasteiger partial charge in [0.1, 0.15) is 5.41 Å². The lowest BCUT2D eigenvalue weighted by molar-refractivity contribution is -0.143. The van der Waals surface area contributed by atoms with Crippen LogP contribution in [-0.2, 0) is 9.53 Å². The summed E-state index contributed by atoms with van der Waals surface area (Å²) in [5.41, 5.74) is -0.730. The lowest BCUT2D eigenvalue weighted by atomic mass is 9.85. The average Bonchev–Trinajstić information content (AvgIpc) is 2.94. The number of nitrogens with zero attached hydrogens (tertiary/aromatic N) is 2. The van der Waals surface area contributed by atoms with Crippen LogP contribution in [0.1, 0.15) is 51.9 Å². The number of carbonyl (C=O) groups excluding carboxylic acids is 1. The van der Waals surface area contributed by atoms with Gasteiger partial charge in [-0.05, 0) is 32.1 Å². The summed E-state index contributed by atoms with van der Waals surface area (Å²) >= 11 is 0. The fourth-order valence-corrected chi connectivity index (χ4v) is 3.20. The summed E-state index contributed by atoms with van der Waals surface area (Å²) in [6.07, 6.45) is 6.66. The van der Waals surface area contributed by atoms with Gasteiger partial charge in [0, 0.05) is 19.7 Å². The third-order valence-electron chi connectivity index (χ3n) is 4.30. The molecular formula is C15H24N2O2. The summed E-state index contributed by atoms with van der Waals surface area (Å²) in [6, 6.07) is 2.30. The maximum atomic E-state index is 12.6. The molecule has 2 fully saturated rings. The van der Waals surface area contributed by atoms with E-state index in [1.54, 1.807) is 0 Å². The second kappa shape index (κ2) is 6.38. The highest BCUT2D eigenvalue weighted by Gasteiger charge is 2.44. The van der Waals surface area contributed by atoms with Gasteiger partial charge in [-0.15, -0.1) is 0 Å². The van der Waals surface area contributed by atoms with Crippen LogP contribution in [0, 0.1) is 16.7 Å². The predicted octanol–water partition coefficient (Wildman–Crippen LogP) is 2.49. The summed E-state index contributed by atoms with van der Waals surface area (Å²) in [7, 11) is 0. The first-order chi connectivity index (χ1) is 9.22. The van der Waals surface area contributed by atoms with Crippen LogP contribution in [0.2, 0.25) is 0 Å². The molecule has 2 aliphatic rings. The van der Waals surface area contributed by atoms with Crippen molar-refractivity contribution < 1.29 is 9.53 Å². The van der Waals surface area contributed by atoms with Gasteiger partial charge in [0.25, 0.3) is 0 Å². The molecule has 1 heterocycles. The maximum absolute atomic E-state index is 12.6. The van der Waals surface area contributed by atoms with E-state index >= 15 is 0 Å². The van der Waals surface area contributed by atoms with E-state index in [-0.39, 0.29) is 12.0 Å². The number of rotatable bonds is 4. The molecule has 19 heavy (non-hydrogen) atoms. The molecule has 1 aliphatic carbocycles. The van der Waals surface area contributed by atoms with Crippen molar-refractivity contribution in [2.75, 3.05) is 19.7 Å². The predicted molar refractivity (Wildman–Crippen MR) is 72.4 cm³/mol. The molecule has 1 saturated carbocycles. The minimum absolute atomic E-state index is 0.0531.